The minimum absolute atomic E-state index is 0.0354. The van der Waals surface area contributed by atoms with Crippen LogP contribution in [0.3, 0.4) is 0 Å². The van der Waals surface area contributed by atoms with Crippen molar-refractivity contribution in [3.63, 3.8) is 0 Å². The Morgan fingerprint density at radius 2 is 1.62 bits per heavy atom. The quantitative estimate of drug-likeness (QED) is 0.382. The van der Waals surface area contributed by atoms with Crippen LogP contribution in [0, 0.1) is 0 Å². The van der Waals surface area contributed by atoms with E-state index in [1.165, 1.54) is 6.20 Å². The molecular weight excluding hydrogens is 441 g/mol. The standard InChI is InChI=1S/C26H25Cl2N3O/c1-18(31-26(32)23-5-2-3-6-25(23)30-16-4-15-29)24(20-9-13-22(28)14-10-20)17-19-7-11-21(27)12-8-19/h2-16,18,24H,17,29H2,1H3,(H,31,32)/t18-,24+/m1/s1. The molecule has 1 amide bonds. The van der Waals surface area contributed by atoms with Gasteiger partial charge >= 0.3 is 0 Å². The molecule has 3 aromatic carbocycles. The smallest absolute Gasteiger partial charge is 0.253 e. The predicted octanol–water partition coefficient (Wildman–Crippen LogP) is 6.31. The highest BCUT2D eigenvalue weighted by molar-refractivity contribution is 6.30. The van der Waals surface area contributed by atoms with Crippen LogP contribution in [-0.2, 0) is 6.42 Å². The van der Waals surface area contributed by atoms with Crippen molar-refractivity contribution in [1.82, 2.24) is 5.32 Å². The average molecular weight is 466 g/mol. The van der Waals surface area contributed by atoms with Crippen LogP contribution in [0.2, 0.25) is 10.0 Å². The van der Waals surface area contributed by atoms with Crippen molar-refractivity contribution in [3.05, 3.63) is 112 Å². The number of nitrogens with one attached hydrogen (secondary N) is 1. The highest BCUT2D eigenvalue weighted by Gasteiger charge is 2.23. The molecule has 0 bridgehead atoms. The highest BCUT2D eigenvalue weighted by Crippen LogP contribution is 2.27. The molecule has 0 aromatic heterocycles. The minimum atomic E-state index is -0.183. The lowest BCUT2D eigenvalue weighted by Crippen LogP contribution is -2.38. The van der Waals surface area contributed by atoms with Crippen molar-refractivity contribution in [3.8, 4) is 0 Å². The summed E-state index contributed by atoms with van der Waals surface area (Å²) < 4.78 is 0. The van der Waals surface area contributed by atoms with Crippen LogP contribution in [0.15, 0.2) is 90.1 Å². The van der Waals surface area contributed by atoms with Gasteiger partial charge in [-0.05, 0) is 73.1 Å². The van der Waals surface area contributed by atoms with Crippen LogP contribution in [0.4, 0.5) is 5.69 Å². The van der Waals surface area contributed by atoms with E-state index < -0.39 is 0 Å². The maximum Gasteiger partial charge on any atom is 0.253 e. The van der Waals surface area contributed by atoms with Crippen molar-refractivity contribution in [2.24, 2.45) is 10.7 Å². The van der Waals surface area contributed by atoms with Crippen LogP contribution in [0.5, 0.6) is 0 Å². The summed E-state index contributed by atoms with van der Waals surface area (Å²) in [7, 11) is 0. The molecule has 2 atom stereocenters. The Morgan fingerprint density at radius 1 is 1.00 bits per heavy atom. The summed E-state index contributed by atoms with van der Waals surface area (Å²) >= 11 is 12.1. The summed E-state index contributed by atoms with van der Waals surface area (Å²) in [6.45, 7) is 2.01. The van der Waals surface area contributed by atoms with Crippen LogP contribution in [0.25, 0.3) is 0 Å². The third-order valence-electron chi connectivity index (χ3n) is 5.19. The molecule has 0 heterocycles. The van der Waals surface area contributed by atoms with Crippen LogP contribution >= 0.6 is 23.2 Å². The van der Waals surface area contributed by atoms with Gasteiger partial charge in [0.15, 0.2) is 0 Å². The Morgan fingerprint density at radius 3 is 2.28 bits per heavy atom. The third-order valence-corrected chi connectivity index (χ3v) is 5.69. The fraction of sp³-hybridized carbons (Fsp3) is 0.154. The zero-order valence-corrected chi connectivity index (χ0v) is 19.2. The van der Waals surface area contributed by atoms with Crippen molar-refractivity contribution in [2.45, 2.75) is 25.3 Å². The maximum atomic E-state index is 13.1. The number of allylic oxidation sites excluding steroid dienone is 1. The van der Waals surface area contributed by atoms with Gasteiger partial charge in [0.2, 0.25) is 0 Å². The molecule has 32 heavy (non-hydrogen) atoms. The first-order valence-corrected chi connectivity index (χ1v) is 11.0. The zero-order valence-electron chi connectivity index (χ0n) is 17.7. The Hall–Kier alpha value is -3.08. The second kappa shape index (κ2) is 11.5. The normalized spacial score (nSPS) is 13.3. The van der Waals surface area contributed by atoms with Crippen LogP contribution in [0.1, 0.15) is 34.3 Å². The molecule has 0 aliphatic rings. The molecule has 3 N–H and O–H groups in total. The maximum absolute atomic E-state index is 13.1. The van der Waals surface area contributed by atoms with Crippen LogP contribution < -0.4 is 11.1 Å². The number of hydrogen-bond donors (Lipinski definition) is 2. The number of nitrogens with zero attached hydrogens (tertiary/aromatic N) is 1. The molecule has 0 aliphatic carbocycles. The summed E-state index contributed by atoms with van der Waals surface area (Å²) in [5, 5.41) is 4.53. The second-order valence-electron chi connectivity index (χ2n) is 7.43. The van der Waals surface area contributed by atoms with E-state index in [0.29, 0.717) is 21.3 Å². The lowest BCUT2D eigenvalue weighted by molar-refractivity contribution is 0.0935. The number of benzene rings is 3. The van der Waals surface area contributed by atoms with Gasteiger partial charge in [0, 0.05) is 28.2 Å². The molecule has 0 saturated heterocycles. The Bertz CT molecular complexity index is 1090. The van der Waals surface area contributed by atoms with Crippen molar-refractivity contribution in [2.75, 3.05) is 0 Å². The van der Waals surface area contributed by atoms with Gasteiger partial charge < -0.3 is 11.1 Å². The van der Waals surface area contributed by atoms with Crippen molar-refractivity contribution >= 4 is 41.0 Å². The minimum Gasteiger partial charge on any atom is -0.405 e. The van der Waals surface area contributed by atoms with E-state index in [4.69, 9.17) is 28.9 Å². The van der Waals surface area contributed by atoms with Crippen molar-refractivity contribution in [1.29, 1.82) is 0 Å². The number of amides is 1. The molecule has 3 aromatic rings. The monoisotopic (exact) mass is 465 g/mol. The van der Waals surface area contributed by atoms with Crippen LogP contribution in [-0.4, -0.2) is 18.2 Å². The Kier molecular flexibility index (Phi) is 8.48. The fourth-order valence-corrected chi connectivity index (χ4v) is 3.76. The summed E-state index contributed by atoms with van der Waals surface area (Å²) in [6.07, 6.45) is 5.30. The van der Waals surface area contributed by atoms with Gasteiger partial charge in [-0.15, -0.1) is 0 Å². The summed E-state index contributed by atoms with van der Waals surface area (Å²) in [4.78, 5) is 17.5. The molecule has 0 saturated carbocycles. The molecule has 0 fully saturated rings. The van der Waals surface area contributed by atoms with Gasteiger partial charge in [-0.1, -0.05) is 59.6 Å². The highest BCUT2D eigenvalue weighted by atomic mass is 35.5. The lowest BCUT2D eigenvalue weighted by atomic mass is 9.86. The molecule has 0 unspecified atom stereocenters. The summed E-state index contributed by atoms with van der Waals surface area (Å²) in [5.74, 6) is -0.148. The van der Waals surface area contributed by atoms with Gasteiger partial charge in [0.1, 0.15) is 0 Å². The first kappa shape index (κ1) is 23.6. The number of rotatable bonds is 8. The number of para-hydroxylation sites is 1. The fourth-order valence-electron chi connectivity index (χ4n) is 3.50. The van der Waals surface area contributed by atoms with E-state index >= 15 is 0 Å². The van der Waals surface area contributed by atoms with E-state index in [-0.39, 0.29) is 17.9 Å². The van der Waals surface area contributed by atoms with E-state index in [0.717, 1.165) is 17.5 Å². The van der Waals surface area contributed by atoms with Gasteiger partial charge in [0.25, 0.3) is 5.91 Å². The average Bonchev–Trinajstić information content (AvgIpc) is 2.80. The summed E-state index contributed by atoms with van der Waals surface area (Å²) in [6, 6.07) is 22.6. The first-order valence-electron chi connectivity index (χ1n) is 10.3. The molecule has 4 nitrogen and oxygen atoms in total. The second-order valence-corrected chi connectivity index (χ2v) is 8.30. The largest absolute Gasteiger partial charge is 0.405 e. The molecule has 164 valence electrons. The number of aliphatic imine (C=N–C) groups is 1. The predicted molar refractivity (Wildman–Crippen MR) is 134 cm³/mol. The van der Waals surface area contributed by atoms with E-state index in [1.807, 2.05) is 67.6 Å². The molecule has 3 rings (SSSR count). The number of carbonyl (C=O) groups is 1. The zero-order chi connectivity index (χ0) is 22.9. The van der Waals surface area contributed by atoms with E-state index in [1.54, 1.807) is 24.4 Å². The molecule has 0 aliphatic heterocycles. The third kappa shape index (κ3) is 6.46. The molecule has 0 spiro atoms. The topological polar surface area (TPSA) is 67.5 Å². The number of halogens is 2. The first-order chi connectivity index (χ1) is 15.5. The number of carbonyl (C=O) groups excluding carboxylic acids is 1. The van der Waals surface area contributed by atoms with E-state index in [9.17, 15) is 4.79 Å². The van der Waals surface area contributed by atoms with Gasteiger partial charge in [-0.3, -0.25) is 9.79 Å². The Balaban J connectivity index is 1.85. The summed E-state index contributed by atoms with van der Waals surface area (Å²) in [5.41, 5.74) is 8.67. The Labute approximate surface area is 198 Å². The molecular formula is C26H25Cl2N3O. The molecule has 6 heteroatoms. The van der Waals surface area contributed by atoms with Crippen molar-refractivity contribution < 1.29 is 4.79 Å². The lowest BCUT2D eigenvalue weighted by Gasteiger charge is -2.26. The SMILES string of the molecule is C[C@@H](NC(=O)c1ccccc1N=CC=CN)[C@H](Cc1ccc(Cl)cc1)c1ccc(Cl)cc1. The molecule has 0 radical (unpaired) electrons. The number of nitrogens with two attached hydrogens (primary N) is 1. The van der Waals surface area contributed by atoms with Gasteiger partial charge in [-0.2, -0.15) is 0 Å². The van der Waals surface area contributed by atoms with E-state index in [2.05, 4.69) is 10.3 Å². The van der Waals surface area contributed by atoms with Gasteiger partial charge in [-0.25, -0.2) is 0 Å². The van der Waals surface area contributed by atoms with Gasteiger partial charge in [0.05, 0.1) is 11.3 Å². The number of hydrogen-bond acceptors (Lipinski definition) is 3.